The minimum absolute atomic E-state index is 0.0535. The first-order valence-electron chi connectivity index (χ1n) is 9.62. The quantitative estimate of drug-likeness (QED) is 0.660. The van der Waals surface area contributed by atoms with Gasteiger partial charge in [-0.2, -0.15) is 0 Å². The first kappa shape index (κ1) is 19.9. The molecule has 1 aromatic heterocycles. The molecule has 27 heavy (non-hydrogen) atoms. The van der Waals surface area contributed by atoms with Crippen LogP contribution in [0.1, 0.15) is 55.1 Å². The Morgan fingerprint density at radius 1 is 1.22 bits per heavy atom. The van der Waals surface area contributed by atoms with Crippen LogP contribution in [-0.4, -0.2) is 33.2 Å². The normalized spacial score (nSPS) is 15.1. The standard InChI is InChI=1S/C21H28FN3OS/c1-15-16(2)25(19-7-5-4-6-8-19)21(23-15)27-14-20(26)24(3)13-17-9-11-18(22)12-10-17/h9-12,19H,4-8,13-14H2,1-3H3. The molecule has 0 atom stereocenters. The van der Waals surface area contributed by atoms with E-state index in [2.05, 4.69) is 11.5 Å². The number of rotatable bonds is 6. The molecule has 1 aromatic carbocycles. The molecule has 0 unspecified atom stereocenters. The van der Waals surface area contributed by atoms with Crippen LogP contribution in [0.4, 0.5) is 4.39 Å². The van der Waals surface area contributed by atoms with Crippen molar-refractivity contribution in [3.8, 4) is 0 Å². The van der Waals surface area contributed by atoms with Crippen molar-refractivity contribution in [2.45, 2.75) is 63.7 Å². The molecule has 0 spiro atoms. The van der Waals surface area contributed by atoms with Crippen LogP contribution in [0.2, 0.25) is 0 Å². The third-order valence-corrected chi connectivity index (χ3v) is 6.32. The maximum absolute atomic E-state index is 13.0. The minimum atomic E-state index is -0.261. The molecule has 6 heteroatoms. The fourth-order valence-electron chi connectivity index (χ4n) is 3.66. The molecular weight excluding hydrogens is 361 g/mol. The predicted molar refractivity (Wildman–Crippen MR) is 107 cm³/mol. The molecule has 0 saturated heterocycles. The Balaban J connectivity index is 1.62. The van der Waals surface area contributed by atoms with E-state index in [4.69, 9.17) is 4.98 Å². The highest BCUT2D eigenvalue weighted by Gasteiger charge is 2.23. The van der Waals surface area contributed by atoms with E-state index >= 15 is 0 Å². The number of nitrogens with zero attached hydrogens (tertiary/aromatic N) is 3. The van der Waals surface area contributed by atoms with Crippen LogP contribution < -0.4 is 0 Å². The smallest absolute Gasteiger partial charge is 0.233 e. The number of thioether (sulfide) groups is 1. The Kier molecular flexibility index (Phi) is 6.58. The Morgan fingerprint density at radius 2 is 1.89 bits per heavy atom. The SMILES string of the molecule is Cc1nc(SCC(=O)N(C)Cc2ccc(F)cc2)n(C2CCCCC2)c1C. The van der Waals surface area contributed by atoms with E-state index in [0.717, 1.165) is 16.4 Å². The van der Waals surface area contributed by atoms with Gasteiger partial charge in [-0.3, -0.25) is 4.79 Å². The molecule has 0 radical (unpaired) electrons. The van der Waals surface area contributed by atoms with Gasteiger partial charge in [-0.15, -0.1) is 0 Å². The summed E-state index contributed by atoms with van der Waals surface area (Å²) in [6, 6.07) is 6.79. The van der Waals surface area contributed by atoms with Crippen molar-refractivity contribution in [1.82, 2.24) is 14.5 Å². The number of amides is 1. The molecule has 0 aliphatic heterocycles. The Hall–Kier alpha value is -1.82. The molecule has 1 aliphatic carbocycles. The highest BCUT2D eigenvalue weighted by Crippen LogP contribution is 2.34. The lowest BCUT2D eigenvalue weighted by molar-refractivity contribution is -0.127. The van der Waals surface area contributed by atoms with Crippen molar-refractivity contribution in [2.24, 2.45) is 0 Å². The lowest BCUT2D eigenvalue weighted by Crippen LogP contribution is -2.28. The van der Waals surface area contributed by atoms with E-state index in [1.54, 1.807) is 24.1 Å². The van der Waals surface area contributed by atoms with Gasteiger partial charge >= 0.3 is 0 Å². The number of hydrogen-bond donors (Lipinski definition) is 0. The summed E-state index contributed by atoms with van der Waals surface area (Å²) in [5.41, 5.74) is 3.19. The predicted octanol–water partition coefficient (Wildman–Crippen LogP) is 4.89. The summed E-state index contributed by atoms with van der Waals surface area (Å²) in [4.78, 5) is 19.0. The average molecular weight is 390 g/mol. The maximum Gasteiger partial charge on any atom is 0.233 e. The largest absolute Gasteiger partial charge is 0.341 e. The average Bonchev–Trinajstić information content (AvgIpc) is 2.96. The van der Waals surface area contributed by atoms with Gasteiger partial charge in [-0.05, 0) is 44.4 Å². The number of carbonyl (C=O) groups excluding carboxylic acids is 1. The molecule has 2 aromatic rings. The molecule has 1 saturated carbocycles. The summed E-state index contributed by atoms with van der Waals surface area (Å²) < 4.78 is 15.4. The fourth-order valence-corrected chi connectivity index (χ4v) is 4.75. The summed E-state index contributed by atoms with van der Waals surface area (Å²) in [5.74, 6) is 0.154. The second kappa shape index (κ2) is 8.91. The second-order valence-electron chi connectivity index (χ2n) is 7.39. The highest BCUT2D eigenvalue weighted by molar-refractivity contribution is 7.99. The molecule has 146 valence electrons. The zero-order valence-corrected chi connectivity index (χ0v) is 17.2. The lowest BCUT2D eigenvalue weighted by Gasteiger charge is -2.26. The molecule has 1 amide bonds. The summed E-state index contributed by atoms with van der Waals surface area (Å²) in [7, 11) is 1.79. The van der Waals surface area contributed by atoms with Crippen LogP contribution in [0.5, 0.6) is 0 Å². The van der Waals surface area contributed by atoms with Crippen molar-refractivity contribution >= 4 is 17.7 Å². The van der Waals surface area contributed by atoms with E-state index in [9.17, 15) is 9.18 Å². The monoisotopic (exact) mass is 389 g/mol. The van der Waals surface area contributed by atoms with Crippen molar-refractivity contribution in [3.05, 3.63) is 47.0 Å². The van der Waals surface area contributed by atoms with E-state index < -0.39 is 0 Å². The molecule has 1 heterocycles. The Labute approximate surface area is 165 Å². The van der Waals surface area contributed by atoms with Crippen LogP contribution in [0, 0.1) is 19.7 Å². The Bertz CT molecular complexity index is 781. The van der Waals surface area contributed by atoms with Crippen molar-refractivity contribution < 1.29 is 9.18 Å². The molecule has 0 N–H and O–H groups in total. The minimum Gasteiger partial charge on any atom is -0.341 e. The van der Waals surface area contributed by atoms with E-state index in [0.29, 0.717) is 18.3 Å². The third-order valence-electron chi connectivity index (χ3n) is 5.38. The van der Waals surface area contributed by atoms with Gasteiger partial charge in [-0.1, -0.05) is 43.2 Å². The zero-order chi connectivity index (χ0) is 19.4. The lowest BCUT2D eigenvalue weighted by atomic mass is 9.95. The van der Waals surface area contributed by atoms with Gasteiger partial charge in [0.2, 0.25) is 5.91 Å². The van der Waals surface area contributed by atoms with Gasteiger partial charge in [0.1, 0.15) is 5.82 Å². The van der Waals surface area contributed by atoms with Crippen molar-refractivity contribution in [1.29, 1.82) is 0 Å². The van der Waals surface area contributed by atoms with Gasteiger partial charge in [0.05, 0.1) is 11.4 Å². The van der Waals surface area contributed by atoms with E-state index in [1.807, 2.05) is 6.92 Å². The molecule has 1 fully saturated rings. The molecular formula is C21H28FN3OS. The van der Waals surface area contributed by atoms with Crippen molar-refractivity contribution in [2.75, 3.05) is 12.8 Å². The number of imidazole rings is 1. The summed E-state index contributed by atoms with van der Waals surface area (Å²) >= 11 is 1.53. The van der Waals surface area contributed by atoms with Crippen LogP contribution in [0.25, 0.3) is 0 Å². The number of benzene rings is 1. The van der Waals surface area contributed by atoms with Crippen molar-refractivity contribution in [3.63, 3.8) is 0 Å². The van der Waals surface area contributed by atoms with E-state index in [-0.39, 0.29) is 11.7 Å². The number of hydrogen-bond acceptors (Lipinski definition) is 3. The number of halogens is 1. The van der Waals surface area contributed by atoms with Gasteiger partial charge in [0.15, 0.2) is 5.16 Å². The number of aromatic nitrogens is 2. The highest BCUT2D eigenvalue weighted by atomic mass is 32.2. The molecule has 0 bridgehead atoms. The Morgan fingerprint density at radius 3 is 2.56 bits per heavy atom. The van der Waals surface area contributed by atoms with Gasteiger partial charge < -0.3 is 9.47 Å². The molecule has 4 nitrogen and oxygen atoms in total. The number of carbonyl (C=O) groups is 1. The van der Waals surface area contributed by atoms with Crippen LogP contribution in [-0.2, 0) is 11.3 Å². The first-order chi connectivity index (χ1) is 13.0. The van der Waals surface area contributed by atoms with Gasteiger partial charge in [0, 0.05) is 25.3 Å². The summed E-state index contributed by atoms with van der Waals surface area (Å²) in [5, 5.41) is 0.959. The third kappa shape index (κ3) is 4.92. The van der Waals surface area contributed by atoms with Crippen LogP contribution in [0.15, 0.2) is 29.4 Å². The molecule has 3 rings (SSSR count). The summed E-state index contributed by atoms with van der Waals surface area (Å²) in [6.45, 7) is 4.65. The van der Waals surface area contributed by atoms with Gasteiger partial charge in [-0.25, -0.2) is 9.37 Å². The van der Waals surface area contributed by atoms with Crippen LogP contribution in [0.3, 0.4) is 0 Å². The van der Waals surface area contributed by atoms with Crippen LogP contribution >= 0.6 is 11.8 Å². The fraction of sp³-hybridized carbons (Fsp3) is 0.524. The summed E-state index contributed by atoms with van der Waals surface area (Å²) in [6.07, 6.45) is 6.25. The molecule has 1 aliphatic rings. The zero-order valence-electron chi connectivity index (χ0n) is 16.4. The first-order valence-corrected chi connectivity index (χ1v) is 10.6. The topological polar surface area (TPSA) is 38.1 Å². The second-order valence-corrected chi connectivity index (χ2v) is 8.33. The number of aryl methyl sites for hydroxylation is 1. The maximum atomic E-state index is 13.0. The van der Waals surface area contributed by atoms with E-state index in [1.165, 1.54) is 61.7 Å². The van der Waals surface area contributed by atoms with Gasteiger partial charge in [0.25, 0.3) is 0 Å².